The number of carbonyl (C=O) groups is 5. The van der Waals surface area contributed by atoms with Crippen LogP contribution in [0, 0.1) is 34.5 Å². The summed E-state index contributed by atoms with van der Waals surface area (Å²) in [6, 6.07) is -4.00. The number of urea groups is 1. The van der Waals surface area contributed by atoms with Gasteiger partial charge in [0.2, 0.25) is 27.6 Å². The van der Waals surface area contributed by atoms with Crippen molar-refractivity contribution >= 4 is 39.6 Å². The molecule has 2 aliphatic carbocycles. The Morgan fingerprint density at radius 2 is 1.66 bits per heavy atom. The highest BCUT2D eigenvalue weighted by Gasteiger charge is 2.70. The second-order valence-corrected chi connectivity index (χ2v) is 17.2. The molecule has 0 radical (unpaired) electrons. The number of Topliss-reactive ketones (excluding diaryl/α,β-unsaturated/α-hetero) is 1. The van der Waals surface area contributed by atoms with E-state index in [-0.39, 0.29) is 41.4 Å². The molecule has 6 atom stereocenters. The van der Waals surface area contributed by atoms with Gasteiger partial charge < -0.3 is 26.6 Å². The molecule has 14 heteroatoms. The monoisotopic (exact) mass is 638 g/mol. The smallest absolute Gasteiger partial charge is 0.315 e. The standard InChI is InChI=1S/C30H50N6O7S/c1-16(2)20(15-35-11-8-12-44(35,42)43)33-28(41)34-24(29(3,4)5)27(40)36-14-18-21(30(18,6)7)22(36)26(39)32-19(13-17-9-10-17)23(37)25(31)38/h16-22,24H,8-15H2,1-7H3,(H2,31,38)(H,32,39)(H2,33,34,41)/t18-,19?,20+,21-,22?,24+/m0/s1. The van der Waals surface area contributed by atoms with Gasteiger partial charge in [0.1, 0.15) is 12.1 Å². The molecule has 4 aliphatic rings. The summed E-state index contributed by atoms with van der Waals surface area (Å²) >= 11 is 0. The zero-order chi connectivity index (χ0) is 32.9. The molecule has 2 unspecified atom stereocenters. The summed E-state index contributed by atoms with van der Waals surface area (Å²) in [5.41, 5.74) is 4.35. The van der Waals surface area contributed by atoms with E-state index in [1.165, 1.54) is 9.21 Å². The average Bonchev–Trinajstić information content (AvgIpc) is 3.69. The molecule has 248 valence electrons. The third kappa shape index (κ3) is 7.21. The van der Waals surface area contributed by atoms with Gasteiger partial charge in [0.05, 0.1) is 11.8 Å². The van der Waals surface area contributed by atoms with E-state index in [0.29, 0.717) is 25.9 Å². The van der Waals surface area contributed by atoms with Crippen LogP contribution < -0.4 is 21.7 Å². The molecule has 13 nitrogen and oxygen atoms in total. The van der Waals surface area contributed by atoms with E-state index >= 15 is 0 Å². The quantitative estimate of drug-likeness (QED) is 0.225. The minimum atomic E-state index is -3.35. The Kier molecular flexibility index (Phi) is 9.48. The third-order valence-electron chi connectivity index (χ3n) is 10.0. The molecule has 0 spiro atoms. The van der Waals surface area contributed by atoms with Crippen LogP contribution in [0.15, 0.2) is 0 Å². The van der Waals surface area contributed by atoms with E-state index in [4.69, 9.17) is 5.73 Å². The van der Waals surface area contributed by atoms with E-state index in [2.05, 4.69) is 16.0 Å². The molecule has 0 aromatic heterocycles. The first-order chi connectivity index (χ1) is 20.3. The highest BCUT2D eigenvalue weighted by atomic mass is 32.2. The van der Waals surface area contributed by atoms with Crippen molar-refractivity contribution in [2.24, 2.45) is 40.2 Å². The van der Waals surface area contributed by atoms with E-state index < -0.39 is 69.1 Å². The van der Waals surface area contributed by atoms with Crippen molar-refractivity contribution in [1.82, 2.24) is 25.2 Å². The van der Waals surface area contributed by atoms with Crippen LogP contribution in [-0.2, 0) is 29.2 Å². The second-order valence-electron chi connectivity index (χ2n) is 15.2. The summed E-state index contributed by atoms with van der Waals surface area (Å²) in [4.78, 5) is 67.1. The maximum absolute atomic E-state index is 14.2. The fraction of sp³-hybridized carbons (Fsp3) is 0.833. The van der Waals surface area contributed by atoms with Gasteiger partial charge in [-0.2, -0.15) is 4.31 Å². The van der Waals surface area contributed by atoms with Gasteiger partial charge in [-0.05, 0) is 47.3 Å². The summed E-state index contributed by atoms with van der Waals surface area (Å²) in [5, 5.41) is 8.46. The number of likely N-dealkylation sites (tertiary alicyclic amines) is 1. The van der Waals surface area contributed by atoms with Crippen molar-refractivity contribution in [2.45, 2.75) is 98.3 Å². The zero-order valence-corrected chi connectivity index (χ0v) is 27.8. The molecule has 0 aromatic rings. The molecular weight excluding hydrogens is 588 g/mol. The van der Waals surface area contributed by atoms with E-state index in [1.807, 2.05) is 48.5 Å². The molecule has 0 aromatic carbocycles. The predicted molar refractivity (Wildman–Crippen MR) is 163 cm³/mol. The number of nitrogens with two attached hydrogens (primary N) is 1. The van der Waals surface area contributed by atoms with Crippen molar-refractivity contribution in [3.63, 3.8) is 0 Å². The number of hydrogen-bond acceptors (Lipinski definition) is 7. The highest BCUT2D eigenvalue weighted by molar-refractivity contribution is 7.89. The number of piperidine rings is 1. The lowest BCUT2D eigenvalue weighted by Gasteiger charge is -2.38. The maximum Gasteiger partial charge on any atom is 0.315 e. The first-order valence-electron chi connectivity index (χ1n) is 15.7. The molecule has 4 fully saturated rings. The topological polar surface area (TPSA) is 188 Å². The molecular formula is C30H50N6O7S. The molecule has 5 amide bonds. The maximum atomic E-state index is 14.2. The van der Waals surface area contributed by atoms with E-state index in [9.17, 15) is 32.4 Å². The Morgan fingerprint density at radius 3 is 2.16 bits per heavy atom. The molecule has 2 saturated carbocycles. The lowest BCUT2D eigenvalue weighted by molar-refractivity contribution is -0.145. The average molecular weight is 639 g/mol. The number of nitrogens with one attached hydrogen (secondary N) is 3. The van der Waals surface area contributed by atoms with Crippen LogP contribution in [0.3, 0.4) is 0 Å². The van der Waals surface area contributed by atoms with Gasteiger partial charge in [-0.15, -0.1) is 0 Å². The molecule has 2 heterocycles. The third-order valence-corrected chi connectivity index (χ3v) is 11.9. The number of fused-ring (bicyclic) bond motifs is 1. The van der Waals surface area contributed by atoms with Crippen molar-refractivity contribution in [3.8, 4) is 0 Å². The van der Waals surface area contributed by atoms with Crippen LogP contribution in [0.2, 0.25) is 0 Å². The van der Waals surface area contributed by atoms with E-state index in [1.54, 1.807) is 0 Å². The van der Waals surface area contributed by atoms with Crippen LogP contribution in [-0.4, -0.2) is 96.7 Å². The van der Waals surface area contributed by atoms with Gasteiger partial charge in [0.25, 0.3) is 5.91 Å². The Labute approximate surface area is 260 Å². The Bertz CT molecular complexity index is 1290. The summed E-state index contributed by atoms with van der Waals surface area (Å²) in [7, 11) is -3.35. The minimum absolute atomic E-state index is 0.0677. The number of rotatable bonds is 12. The molecule has 0 bridgehead atoms. The predicted octanol–water partition coefficient (Wildman–Crippen LogP) is 0.583. The van der Waals surface area contributed by atoms with Gasteiger partial charge in [0.15, 0.2) is 0 Å². The van der Waals surface area contributed by atoms with Crippen LogP contribution in [0.4, 0.5) is 4.79 Å². The second kappa shape index (κ2) is 12.2. The van der Waals surface area contributed by atoms with Crippen molar-refractivity contribution < 1.29 is 32.4 Å². The van der Waals surface area contributed by atoms with E-state index in [0.717, 1.165) is 12.8 Å². The zero-order valence-electron chi connectivity index (χ0n) is 27.0. The van der Waals surface area contributed by atoms with Crippen molar-refractivity contribution in [1.29, 1.82) is 0 Å². The largest absolute Gasteiger partial charge is 0.363 e. The van der Waals surface area contributed by atoms with Gasteiger partial charge in [-0.3, -0.25) is 19.2 Å². The van der Waals surface area contributed by atoms with Crippen LogP contribution in [0.25, 0.3) is 0 Å². The number of carbonyl (C=O) groups excluding carboxylic acids is 5. The Hall–Kier alpha value is -2.74. The fourth-order valence-electron chi connectivity index (χ4n) is 6.85. The normalized spacial score (nSPS) is 27.6. The SMILES string of the molecule is CC(C)[C@@H](CN1CCCS1(=O)=O)NC(=O)N[C@H](C(=O)N1C[C@H]2[C@@H](C1C(=O)NC(CC1CC1)C(=O)C(N)=O)C2(C)C)C(C)(C)C. The summed E-state index contributed by atoms with van der Waals surface area (Å²) in [5.74, 6) is -2.69. The number of amides is 5. The Morgan fingerprint density at radius 1 is 1.02 bits per heavy atom. The fourth-order valence-corrected chi connectivity index (χ4v) is 8.40. The summed E-state index contributed by atoms with van der Waals surface area (Å²) < 4.78 is 26.2. The number of ketones is 1. The van der Waals surface area contributed by atoms with Gasteiger partial charge in [0, 0.05) is 25.7 Å². The first kappa shape index (κ1) is 34.1. The number of nitrogens with zero attached hydrogens (tertiary/aromatic N) is 2. The number of primary amides is 1. The van der Waals surface area contributed by atoms with Gasteiger partial charge >= 0.3 is 6.03 Å². The highest BCUT2D eigenvalue weighted by Crippen LogP contribution is 2.65. The van der Waals surface area contributed by atoms with Gasteiger partial charge in [-0.1, -0.05) is 61.3 Å². The van der Waals surface area contributed by atoms with Crippen LogP contribution in [0.1, 0.15) is 74.1 Å². The molecule has 44 heavy (non-hydrogen) atoms. The van der Waals surface area contributed by atoms with Gasteiger partial charge in [-0.25, -0.2) is 13.2 Å². The lowest BCUT2D eigenvalue weighted by atomic mass is 9.85. The van der Waals surface area contributed by atoms with Crippen LogP contribution >= 0.6 is 0 Å². The molecule has 2 aliphatic heterocycles. The molecule has 5 N–H and O–H groups in total. The number of sulfonamides is 1. The van der Waals surface area contributed by atoms with Crippen molar-refractivity contribution in [2.75, 3.05) is 25.4 Å². The Balaban J connectivity index is 1.50. The minimum Gasteiger partial charge on any atom is -0.363 e. The lowest BCUT2D eigenvalue weighted by Crippen LogP contribution is -2.62. The molecule has 2 saturated heterocycles. The number of hydrogen-bond donors (Lipinski definition) is 4. The molecule has 4 rings (SSSR count). The summed E-state index contributed by atoms with van der Waals surface area (Å²) in [6.07, 6.45) is 2.70. The first-order valence-corrected chi connectivity index (χ1v) is 17.4. The van der Waals surface area contributed by atoms with Crippen molar-refractivity contribution in [3.05, 3.63) is 0 Å². The summed E-state index contributed by atoms with van der Waals surface area (Å²) in [6.45, 7) is 14.2. The van der Waals surface area contributed by atoms with Crippen LogP contribution in [0.5, 0.6) is 0 Å².